The average Bonchev–Trinajstić information content (AvgIpc) is 2.49. The Morgan fingerprint density at radius 3 is 2.65 bits per heavy atom. The predicted molar refractivity (Wildman–Crippen MR) is 83.0 cm³/mol. The topological polar surface area (TPSA) is 50.9 Å². The average molecular weight is 269 g/mol. The molecule has 106 valence electrons. The maximum atomic E-state index is 5.93. The van der Waals surface area contributed by atoms with E-state index in [0.717, 1.165) is 0 Å². The first-order valence-corrected chi connectivity index (χ1v) is 7.53. The van der Waals surface area contributed by atoms with E-state index in [1.807, 2.05) is 12.4 Å². The van der Waals surface area contributed by atoms with Gasteiger partial charge < -0.3 is 0 Å². The molecule has 0 spiro atoms. The summed E-state index contributed by atoms with van der Waals surface area (Å²) in [6, 6.07) is 8.59. The van der Waals surface area contributed by atoms with Crippen LogP contribution >= 0.6 is 0 Å². The van der Waals surface area contributed by atoms with Gasteiger partial charge in [0.1, 0.15) is 0 Å². The second-order valence-corrected chi connectivity index (χ2v) is 6.26. The molecule has 2 aromatic rings. The summed E-state index contributed by atoms with van der Waals surface area (Å²) >= 11 is 0. The van der Waals surface area contributed by atoms with Gasteiger partial charge in [-0.15, -0.1) is 0 Å². The zero-order valence-corrected chi connectivity index (χ0v) is 12.1. The number of nitrogens with one attached hydrogen (secondary N) is 1. The van der Waals surface area contributed by atoms with Gasteiger partial charge in [0.25, 0.3) is 0 Å². The SMILES string of the molecule is CC1(C(NN)c2cncc3ccccc23)CCCCC1. The Balaban J connectivity index is 2.07. The van der Waals surface area contributed by atoms with Crippen molar-refractivity contribution < 1.29 is 0 Å². The molecule has 1 aliphatic rings. The molecule has 1 aromatic heterocycles. The molecule has 1 unspecified atom stereocenters. The van der Waals surface area contributed by atoms with E-state index in [1.54, 1.807) is 0 Å². The molecule has 3 rings (SSSR count). The minimum absolute atomic E-state index is 0.168. The fraction of sp³-hybridized carbons (Fsp3) is 0.471. The smallest absolute Gasteiger partial charge is 0.0534 e. The van der Waals surface area contributed by atoms with Gasteiger partial charge in [0.2, 0.25) is 0 Å². The fourth-order valence-corrected chi connectivity index (χ4v) is 3.68. The molecule has 0 saturated heterocycles. The quantitative estimate of drug-likeness (QED) is 0.659. The zero-order chi connectivity index (χ0) is 14.0. The zero-order valence-electron chi connectivity index (χ0n) is 12.1. The summed E-state index contributed by atoms with van der Waals surface area (Å²) in [6.45, 7) is 2.36. The van der Waals surface area contributed by atoms with Gasteiger partial charge in [0.15, 0.2) is 0 Å². The molecule has 0 aliphatic heterocycles. The van der Waals surface area contributed by atoms with Gasteiger partial charge in [-0.3, -0.25) is 16.3 Å². The molecule has 3 heteroatoms. The van der Waals surface area contributed by atoms with Crippen LogP contribution in [0.2, 0.25) is 0 Å². The van der Waals surface area contributed by atoms with E-state index in [0.29, 0.717) is 0 Å². The molecule has 1 atom stereocenters. The van der Waals surface area contributed by atoms with Crippen LogP contribution in [-0.2, 0) is 0 Å². The van der Waals surface area contributed by atoms with Gasteiger partial charge in [-0.05, 0) is 29.2 Å². The molecular weight excluding hydrogens is 246 g/mol. The monoisotopic (exact) mass is 269 g/mol. The van der Waals surface area contributed by atoms with Crippen LogP contribution in [0.15, 0.2) is 36.7 Å². The van der Waals surface area contributed by atoms with Gasteiger partial charge in [-0.1, -0.05) is 50.5 Å². The van der Waals surface area contributed by atoms with Crippen LogP contribution < -0.4 is 11.3 Å². The van der Waals surface area contributed by atoms with Crippen LogP contribution in [-0.4, -0.2) is 4.98 Å². The summed E-state index contributed by atoms with van der Waals surface area (Å²) in [4.78, 5) is 4.41. The highest BCUT2D eigenvalue weighted by molar-refractivity contribution is 5.85. The molecule has 1 fully saturated rings. The van der Waals surface area contributed by atoms with Crippen molar-refractivity contribution in [2.75, 3.05) is 0 Å². The number of hydrazine groups is 1. The predicted octanol–water partition coefficient (Wildman–Crippen LogP) is 3.71. The summed E-state index contributed by atoms with van der Waals surface area (Å²) in [5.74, 6) is 5.93. The third-order valence-corrected chi connectivity index (χ3v) is 4.87. The molecule has 1 aromatic carbocycles. The molecule has 3 nitrogen and oxygen atoms in total. The van der Waals surface area contributed by atoms with E-state index in [-0.39, 0.29) is 11.5 Å². The molecule has 20 heavy (non-hydrogen) atoms. The minimum atomic E-state index is 0.168. The van der Waals surface area contributed by atoms with Crippen LogP contribution in [0.25, 0.3) is 10.8 Å². The molecule has 0 bridgehead atoms. The summed E-state index contributed by atoms with van der Waals surface area (Å²) in [6.07, 6.45) is 10.3. The number of aromatic nitrogens is 1. The van der Waals surface area contributed by atoms with Crippen LogP contribution in [0.4, 0.5) is 0 Å². The molecule has 0 amide bonds. The number of hydrogen-bond acceptors (Lipinski definition) is 3. The molecular formula is C17H23N3. The van der Waals surface area contributed by atoms with Crippen LogP contribution in [0.1, 0.15) is 50.6 Å². The normalized spacial score (nSPS) is 19.9. The van der Waals surface area contributed by atoms with Gasteiger partial charge >= 0.3 is 0 Å². The number of nitrogens with two attached hydrogens (primary N) is 1. The molecule has 0 radical (unpaired) electrons. The van der Waals surface area contributed by atoms with Gasteiger partial charge in [-0.2, -0.15) is 0 Å². The highest BCUT2D eigenvalue weighted by Gasteiger charge is 2.36. The Morgan fingerprint density at radius 1 is 1.15 bits per heavy atom. The van der Waals surface area contributed by atoms with E-state index in [4.69, 9.17) is 5.84 Å². The Hall–Kier alpha value is -1.45. The summed E-state index contributed by atoms with van der Waals surface area (Å²) in [5.41, 5.74) is 4.53. The highest BCUT2D eigenvalue weighted by Crippen LogP contribution is 2.46. The van der Waals surface area contributed by atoms with E-state index in [9.17, 15) is 0 Å². The lowest BCUT2D eigenvalue weighted by Crippen LogP contribution is -2.41. The lowest BCUT2D eigenvalue weighted by molar-refractivity contribution is 0.146. The third-order valence-electron chi connectivity index (χ3n) is 4.87. The first kappa shape index (κ1) is 13.5. The Labute approximate surface area is 120 Å². The van der Waals surface area contributed by atoms with Gasteiger partial charge in [0.05, 0.1) is 6.04 Å². The van der Waals surface area contributed by atoms with Crippen LogP contribution in [0, 0.1) is 5.41 Å². The van der Waals surface area contributed by atoms with Crippen molar-refractivity contribution >= 4 is 10.8 Å². The Bertz CT molecular complexity index is 582. The second-order valence-electron chi connectivity index (χ2n) is 6.26. The molecule has 1 saturated carbocycles. The minimum Gasteiger partial charge on any atom is -0.271 e. The maximum Gasteiger partial charge on any atom is 0.0534 e. The van der Waals surface area contributed by atoms with Crippen LogP contribution in [0.5, 0.6) is 0 Å². The van der Waals surface area contributed by atoms with E-state index < -0.39 is 0 Å². The largest absolute Gasteiger partial charge is 0.271 e. The second kappa shape index (κ2) is 5.51. The van der Waals surface area contributed by atoms with Crippen molar-refractivity contribution in [3.05, 3.63) is 42.2 Å². The summed E-state index contributed by atoms with van der Waals surface area (Å²) < 4.78 is 0. The first-order valence-electron chi connectivity index (χ1n) is 7.53. The Kier molecular flexibility index (Phi) is 3.72. The first-order chi connectivity index (χ1) is 9.74. The van der Waals surface area contributed by atoms with Crippen molar-refractivity contribution in [2.45, 2.75) is 45.1 Å². The highest BCUT2D eigenvalue weighted by atomic mass is 15.2. The van der Waals surface area contributed by atoms with Crippen molar-refractivity contribution in [2.24, 2.45) is 11.3 Å². The number of hydrogen-bond donors (Lipinski definition) is 2. The van der Waals surface area contributed by atoms with Gasteiger partial charge in [-0.25, -0.2) is 0 Å². The lowest BCUT2D eigenvalue weighted by Gasteiger charge is -2.41. The standard InChI is InChI=1S/C17H23N3/c1-17(9-5-2-6-10-17)16(20-18)15-12-19-11-13-7-3-4-8-14(13)15/h3-4,7-8,11-12,16,20H,2,5-6,9-10,18H2,1H3. The number of benzene rings is 1. The van der Waals surface area contributed by atoms with Crippen molar-refractivity contribution in [1.82, 2.24) is 10.4 Å². The number of pyridine rings is 1. The number of nitrogens with zero attached hydrogens (tertiary/aromatic N) is 1. The molecule has 1 heterocycles. The summed E-state index contributed by atoms with van der Waals surface area (Å²) in [7, 11) is 0. The van der Waals surface area contributed by atoms with Gasteiger partial charge in [0, 0.05) is 17.8 Å². The maximum absolute atomic E-state index is 5.93. The van der Waals surface area contributed by atoms with Crippen molar-refractivity contribution in [3.8, 4) is 0 Å². The van der Waals surface area contributed by atoms with E-state index in [1.165, 1.54) is 48.4 Å². The van der Waals surface area contributed by atoms with E-state index >= 15 is 0 Å². The molecule has 3 N–H and O–H groups in total. The van der Waals surface area contributed by atoms with Crippen molar-refractivity contribution in [3.63, 3.8) is 0 Å². The van der Waals surface area contributed by atoms with E-state index in [2.05, 4.69) is 41.6 Å². The fourth-order valence-electron chi connectivity index (χ4n) is 3.68. The number of rotatable bonds is 3. The Morgan fingerprint density at radius 2 is 1.90 bits per heavy atom. The van der Waals surface area contributed by atoms with Crippen LogP contribution in [0.3, 0.4) is 0 Å². The molecule has 1 aliphatic carbocycles. The number of fused-ring (bicyclic) bond motifs is 1. The van der Waals surface area contributed by atoms with Crippen molar-refractivity contribution in [1.29, 1.82) is 0 Å². The third kappa shape index (κ3) is 2.32. The lowest BCUT2D eigenvalue weighted by atomic mass is 9.68. The summed E-state index contributed by atoms with van der Waals surface area (Å²) in [5, 5.41) is 2.45.